The average molecular weight is 221 g/mol. The van der Waals surface area contributed by atoms with Gasteiger partial charge in [-0.05, 0) is 18.6 Å². The van der Waals surface area contributed by atoms with Gasteiger partial charge in [0.25, 0.3) is 0 Å². The number of methoxy groups -OCH3 is 1. The number of hydrogen-bond acceptors (Lipinski definition) is 4. The molecule has 2 N–H and O–H groups in total. The minimum Gasteiger partial charge on any atom is -0.396 e. The molecule has 1 aromatic heterocycles. The summed E-state index contributed by atoms with van der Waals surface area (Å²) in [6.07, 6.45) is 3.60. The molecule has 0 aliphatic heterocycles. The van der Waals surface area contributed by atoms with E-state index in [2.05, 4.69) is 16.5 Å². The lowest BCUT2D eigenvalue weighted by Crippen LogP contribution is -2.29. The van der Waals surface area contributed by atoms with E-state index in [9.17, 15) is 0 Å². The van der Waals surface area contributed by atoms with E-state index in [1.807, 2.05) is 19.1 Å². The number of nitrogens with zero attached hydrogens (tertiary/aromatic N) is 2. The highest BCUT2D eigenvalue weighted by Crippen LogP contribution is 2.22. The van der Waals surface area contributed by atoms with E-state index in [-0.39, 0.29) is 0 Å². The van der Waals surface area contributed by atoms with Crippen LogP contribution in [0.3, 0.4) is 0 Å². The van der Waals surface area contributed by atoms with Crippen LogP contribution >= 0.6 is 0 Å². The molecule has 0 bridgehead atoms. The lowest BCUT2D eigenvalue weighted by Gasteiger charge is -2.23. The third-order valence-corrected chi connectivity index (χ3v) is 2.40. The smallest absolute Gasteiger partial charge is 0.152 e. The largest absolute Gasteiger partial charge is 0.396 e. The number of pyridine rings is 1. The van der Waals surface area contributed by atoms with Crippen LogP contribution in [0, 0.1) is 6.92 Å². The fourth-order valence-corrected chi connectivity index (χ4v) is 1.45. The quantitative estimate of drug-likeness (QED) is 0.741. The second-order valence-corrected chi connectivity index (χ2v) is 3.59. The summed E-state index contributed by atoms with van der Waals surface area (Å²) in [5.74, 6) is 0.803. The molecule has 0 aromatic carbocycles. The Balaban J connectivity index is 2.91. The summed E-state index contributed by atoms with van der Waals surface area (Å²) >= 11 is 0. The monoisotopic (exact) mass is 221 g/mol. The summed E-state index contributed by atoms with van der Waals surface area (Å²) in [7, 11) is 1.68. The van der Waals surface area contributed by atoms with E-state index >= 15 is 0 Å². The molecular formula is C12H19N3O. The Bertz CT molecular complexity index is 352. The predicted octanol–water partition coefficient (Wildman–Crippen LogP) is 1.61. The van der Waals surface area contributed by atoms with Gasteiger partial charge in [0.1, 0.15) is 0 Å². The van der Waals surface area contributed by atoms with Crippen molar-refractivity contribution in [3.05, 3.63) is 30.5 Å². The number of ether oxygens (including phenoxy) is 1. The van der Waals surface area contributed by atoms with Crippen molar-refractivity contribution in [2.45, 2.75) is 6.92 Å². The molecule has 1 aromatic rings. The van der Waals surface area contributed by atoms with E-state index in [0.717, 1.165) is 23.6 Å². The van der Waals surface area contributed by atoms with Crippen LogP contribution in [0.25, 0.3) is 0 Å². The zero-order chi connectivity index (χ0) is 12.0. The summed E-state index contributed by atoms with van der Waals surface area (Å²) in [6.45, 7) is 7.82. The van der Waals surface area contributed by atoms with Crippen molar-refractivity contribution < 1.29 is 4.74 Å². The lowest BCUT2D eigenvalue weighted by atomic mass is 10.2. The summed E-state index contributed by atoms with van der Waals surface area (Å²) in [5.41, 5.74) is 7.77. The molecule has 16 heavy (non-hydrogen) atoms. The minimum absolute atomic E-state index is 0.642. The zero-order valence-electron chi connectivity index (χ0n) is 9.94. The van der Waals surface area contributed by atoms with Crippen LogP contribution in [0.1, 0.15) is 5.56 Å². The molecule has 0 saturated carbocycles. The Labute approximate surface area is 96.7 Å². The first-order valence-corrected chi connectivity index (χ1v) is 5.26. The predicted molar refractivity (Wildman–Crippen MR) is 67.7 cm³/mol. The maximum absolute atomic E-state index is 6.01. The molecule has 1 heterocycles. The summed E-state index contributed by atoms with van der Waals surface area (Å²) < 4.78 is 5.07. The van der Waals surface area contributed by atoms with E-state index in [1.165, 1.54) is 0 Å². The number of rotatable bonds is 6. The topological polar surface area (TPSA) is 51.4 Å². The van der Waals surface area contributed by atoms with Gasteiger partial charge in [-0.1, -0.05) is 6.08 Å². The van der Waals surface area contributed by atoms with Gasteiger partial charge in [-0.3, -0.25) is 0 Å². The van der Waals surface area contributed by atoms with Crippen molar-refractivity contribution in [2.24, 2.45) is 0 Å². The van der Waals surface area contributed by atoms with E-state index < -0.39 is 0 Å². The van der Waals surface area contributed by atoms with Crippen LogP contribution < -0.4 is 10.6 Å². The van der Waals surface area contributed by atoms with Crippen LogP contribution in [0.2, 0.25) is 0 Å². The highest BCUT2D eigenvalue weighted by Gasteiger charge is 2.10. The van der Waals surface area contributed by atoms with Gasteiger partial charge >= 0.3 is 0 Å². The van der Waals surface area contributed by atoms with Gasteiger partial charge in [-0.2, -0.15) is 0 Å². The van der Waals surface area contributed by atoms with Crippen molar-refractivity contribution in [2.75, 3.05) is 37.4 Å². The van der Waals surface area contributed by atoms with Crippen LogP contribution in [-0.2, 0) is 4.74 Å². The van der Waals surface area contributed by atoms with Gasteiger partial charge in [0.15, 0.2) is 5.82 Å². The Kier molecular flexibility index (Phi) is 4.79. The normalized spacial score (nSPS) is 10.1. The number of aryl methyl sites for hydroxylation is 1. The Hall–Kier alpha value is -1.55. The third-order valence-electron chi connectivity index (χ3n) is 2.40. The lowest BCUT2D eigenvalue weighted by molar-refractivity contribution is 0.205. The summed E-state index contributed by atoms with van der Waals surface area (Å²) in [4.78, 5) is 6.36. The summed E-state index contributed by atoms with van der Waals surface area (Å²) in [5, 5.41) is 0. The first-order chi connectivity index (χ1) is 7.70. The molecule has 4 heteroatoms. The maximum Gasteiger partial charge on any atom is 0.152 e. The highest BCUT2D eigenvalue weighted by atomic mass is 16.5. The van der Waals surface area contributed by atoms with Crippen molar-refractivity contribution in [3.8, 4) is 0 Å². The van der Waals surface area contributed by atoms with Crippen molar-refractivity contribution in [3.63, 3.8) is 0 Å². The first kappa shape index (κ1) is 12.5. The summed E-state index contributed by atoms with van der Waals surface area (Å²) in [6, 6.07) is 1.90. The molecule has 0 aliphatic carbocycles. The number of aromatic nitrogens is 1. The van der Waals surface area contributed by atoms with Gasteiger partial charge in [-0.25, -0.2) is 4.98 Å². The van der Waals surface area contributed by atoms with E-state index in [1.54, 1.807) is 13.3 Å². The van der Waals surface area contributed by atoms with Gasteiger partial charge < -0.3 is 15.4 Å². The average Bonchev–Trinajstić information content (AvgIpc) is 2.28. The van der Waals surface area contributed by atoms with Gasteiger partial charge in [0, 0.05) is 26.4 Å². The fraction of sp³-hybridized carbons (Fsp3) is 0.417. The molecule has 0 spiro atoms. The Morgan fingerprint density at radius 3 is 3.00 bits per heavy atom. The molecule has 0 aliphatic rings. The third kappa shape index (κ3) is 2.97. The molecule has 88 valence electrons. The van der Waals surface area contributed by atoms with Crippen LogP contribution in [0.15, 0.2) is 24.9 Å². The molecular weight excluding hydrogens is 202 g/mol. The number of nitrogens with two attached hydrogens (primary N) is 1. The fourth-order valence-electron chi connectivity index (χ4n) is 1.45. The molecule has 0 unspecified atom stereocenters. The van der Waals surface area contributed by atoms with Crippen LogP contribution in [0.5, 0.6) is 0 Å². The molecule has 1 rings (SSSR count). The molecule has 0 amide bonds. The van der Waals surface area contributed by atoms with E-state index in [0.29, 0.717) is 13.2 Å². The van der Waals surface area contributed by atoms with Crippen molar-refractivity contribution in [1.82, 2.24) is 4.98 Å². The molecule has 0 saturated heterocycles. The Morgan fingerprint density at radius 2 is 2.38 bits per heavy atom. The number of anilines is 2. The van der Waals surface area contributed by atoms with Crippen LogP contribution in [0.4, 0.5) is 11.5 Å². The Morgan fingerprint density at radius 1 is 1.62 bits per heavy atom. The maximum atomic E-state index is 6.01. The minimum atomic E-state index is 0.642. The van der Waals surface area contributed by atoms with Crippen molar-refractivity contribution >= 4 is 11.5 Å². The van der Waals surface area contributed by atoms with Crippen molar-refractivity contribution in [1.29, 1.82) is 0 Å². The second-order valence-electron chi connectivity index (χ2n) is 3.59. The number of nitrogen functional groups attached to an aromatic ring is 1. The molecule has 0 fully saturated rings. The van der Waals surface area contributed by atoms with E-state index in [4.69, 9.17) is 10.5 Å². The first-order valence-electron chi connectivity index (χ1n) is 5.26. The molecule has 0 radical (unpaired) electrons. The van der Waals surface area contributed by atoms with Gasteiger partial charge in [0.2, 0.25) is 0 Å². The highest BCUT2D eigenvalue weighted by molar-refractivity contribution is 5.66. The molecule has 4 nitrogen and oxygen atoms in total. The van der Waals surface area contributed by atoms with Crippen LogP contribution in [-0.4, -0.2) is 31.8 Å². The standard InChI is InChI=1S/C12H19N3O/c1-4-7-15(8-9-16-3)12-11(13)10(2)5-6-14-12/h4-6H,1,7-9,13H2,2-3H3. The molecule has 0 atom stereocenters. The zero-order valence-corrected chi connectivity index (χ0v) is 9.94. The SMILES string of the molecule is C=CCN(CCOC)c1nccc(C)c1N. The van der Waals surface area contributed by atoms with Gasteiger partial charge in [-0.15, -0.1) is 6.58 Å². The number of hydrogen-bond donors (Lipinski definition) is 1. The van der Waals surface area contributed by atoms with Gasteiger partial charge in [0.05, 0.1) is 12.3 Å². The second kappa shape index (κ2) is 6.12.